The third kappa shape index (κ3) is 3.51. The summed E-state index contributed by atoms with van der Waals surface area (Å²) in [7, 11) is 0. The van der Waals surface area contributed by atoms with Crippen LogP contribution in [0.25, 0.3) is 0 Å². The Morgan fingerprint density at radius 2 is 2.24 bits per heavy atom. The largest absolute Gasteiger partial charge is 0.325 e. The molecule has 0 aliphatic heterocycles. The molecule has 2 nitrogen and oxygen atoms in total. The summed E-state index contributed by atoms with van der Waals surface area (Å²) >= 11 is 12.3. The number of amides is 1. The number of hydrogen-bond donors (Lipinski definition) is 2. The van der Waals surface area contributed by atoms with Crippen molar-refractivity contribution in [3.63, 3.8) is 0 Å². The molecule has 0 spiro atoms. The smallest absolute Gasteiger partial charge is 0.224 e. The molecule has 0 unspecified atom stereocenters. The van der Waals surface area contributed by atoms with Gasteiger partial charge in [-0.2, -0.15) is 12.6 Å². The zero-order valence-corrected chi connectivity index (χ0v) is 13.0. The molecule has 0 aromatic heterocycles. The second-order valence-electron chi connectivity index (χ2n) is 4.51. The van der Waals surface area contributed by atoms with Crippen LogP contribution in [0.3, 0.4) is 0 Å². The van der Waals surface area contributed by atoms with Crippen molar-refractivity contribution in [1.29, 1.82) is 0 Å². The highest BCUT2D eigenvalue weighted by Gasteiger charge is 2.42. The first-order valence-electron chi connectivity index (χ1n) is 5.40. The number of benzene rings is 1. The van der Waals surface area contributed by atoms with E-state index in [0.29, 0.717) is 11.4 Å². The second kappa shape index (κ2) is 5.36. The summed E-state index contributed by atoms with van der Waals surface area (Å²) in [6.45, 7) is 0. The highest BCUT2D eigenvalue weighted by atomic mass is 127. The number of anilines is 1. The molecule has 5 heteroatoms. The van der Waals surface area contributed by atoms with E-state index in [-0.39, 0.29) is 11.3 Å². The molecule has 1 aliphatic rings. The monoisotopic (exact) mass is 381 g/mol. The van der Waals surface area contributed by atoms with E-state index in [1.165, 1.54) is 0 Å². The molecular weight excluding hydrogens is 369 g/mol. The van der Waals surface area contributed by atoms with E-state index in [4.69, 9.17) is 11.6 Å². The second-order valence-corrected chi connectivity index (χ2v) is 6.42. The maximum atomic E-state index is 11.9. The highest BCUT2D eigenvalue weighted by Crippen LogP contribution is 2.49. The van der Waals surface area contributed by atoms with Gasteiger partial charge >= 0.3 is 0 Å². The Bertz CT molecular complexity index is 448. The number of carbonyl (C=O) groups excluding carboxylic acids is 1. The van der Waals surface area contributed by atoms with Crippen molar-refractivity contribution in [2.45, 2.75) is 19.3 Å². The third-order valence-corrected chi connectivity index (χ3v) is 4.83. The fraction of sp³-hybridized carbons (Fsp3) is 0.417. The first kappa shape index (κ1) is 13.5. The minimum atomic E-state index is 0.0665. The lowest BCUT2D eigenvalue weighted by molar-refractivity contribution is -0.117. The molecule has 2 rings (SSSR count). The van der Waals surface area contributed by atoms with Crippen LogP contribution in [0.4, 0.5) is 5.69 Å². The molecule has 92 valence electrons. The Morgan fingerprint density at radius 1 is 1.53 bits per heavy atom. The zero-order valence-electron chi connectivity index (χ0n) is 9.17. The van der Waals surface area contributed by atoms with Crippen molar-refractivity contribution in [2.75, 3.05) is 11.1 Å². The molecule has 0 radical (unpaired) electrons. The SMILES string of the molecule is O=C(CC1(CS)CC1)Nc1ccc(Cl)cc1I. The number of carbonyl (C=O) groups is 1. The van der Waals surface area contributed by atoms with Crippen LogP contribution >= 0.6 is 46.8 Å². The first-order valence-corrected chi connectivity index (χ1v) is 7.49. The van der Waals surface area contributed by atoms with Gasteiger partial charge in [0.25, 0.3) is 0 Å². The van der Waals surface area contributed by atoms with Crippen LogP contribution in [0.5, 0.6) is 0 Å². The Kier molecular flexibility index (Phi) is 4.26. The van der Waals surface area contributed by atoms with Crippen LogP contribution in [0.1, 0.15) is 19.3 Å². The molecule has 1 amide bonds. The minimum absolute atomic E-state index is 0.0665. The molecule has 17 heavy (non-hydrogen) atoms. The fourth-order valence-electron chi connectivity index (χ4n) is 1.69. The van der Waals surface area contributed by atoms with Crippen LogP contribution in [0.2, 0.25) is 5.02 Å². The average molecular weight is 382 g/mol. The predicted octanol–water partition coefficient (Wildman–Crippen LogP) is 3.98. The summed E-state index contributed by atoms with van der Waals surface area (Å²) < 4.78 is 0.958. The lowest BCUT2D eigenvalue weighted by Gasteiger charge is -2.12. The zero-order chi connectivity index (χ0) is 12.5. The van der Waals surface area contributed by atoms with Crippen molar-refractivity contribution in [1.82, 2.24) is 0 Å². The Labute approximate surface area is 125 Å². The number of nitrogens with one attached hydrogen (secondary N) is 1. The van der Waals surface area contributed by atoms with E-state index in [1.807, 2.05) is 12.1 Å². The maximum absolute atomic E-state index is 11.9. The normalized spacial score (nSPS) is 16.6. The number of thiol groups is 1. The summed E-state index contributed by atoms with van der Waals surface area (Å²) in [4.78, 5) is 11.9. The van der Waals surface area contributed by atoms with Gasteiger partial charge in [-0.25, -0.2) is 0 Å². The van der Waals surface area contributed by atoms with Crippen molar-refractivity contribution < 1.29 is 4.79 Å². The summed E-state index contributed by atoms with van der Waals surface area (Å²) in [6.07, 6.45) is 2.79. The molecule has 1 N–H and O–H groups in total. The van der Waals surface area contributed by atoms with Gasteiger partial charge in [-0.3, -0.25) is 4.79 Å². The van der Waals surface area contributed by atoms with E-state index in [9.17, 15) is 4.79 Å². The molecule has 1 fully saturated rings. The molecule has 1 aromatic rings. The standard InChI is InChI=1S/C12H13ClINOS/c13-8-1-2-10(9(14)5-8)15-11(16)6-12(7-17)3-4-12/h1-2,5,17H,3-4,6-7H2,(H,15,16). The van der Waals surface area contributed by atoms with Crippen LogP contribution in [-0.4, -0.2) is 11.7 Å². The van der Waals surface area contributed by atoms with Gasteiger partial charge in [-0.1, -0.05) is 11.6 Å². The minimum Gasteiger partial charge on any atom is -0.325 e. The predicted molar refractivity (Wildman–Crippen MR) is 82.9 cm³/mol. The number of rotatable bonds is 4. The van der Waals surface area contributed by atoms with Crippen molar-refractivity contribution in [2.24, 2.45) is 5.41 Å². The number of halogens is 2. The van der Waals surface area contributed by atoms with Gasteiger partial charge in [0, 0.05) is 15.0 Å². The van der Waals surface area contributed by atoms with Crippen LogP contribution < -0.4 is 5.32 Å². The third-order valence-electron chi connectivity index (χ3n) is 3.03. The van der Waals surface area contributed by atoms with Gasteiger partial charge < -0.3 is 5.32 Å². The van der Waals surface area contributed by atoms with Crippen molar-refractivity contribution in [3.8, 4) is 0 Å². The van der Waals surface area contributed by atoms with Crippen molar-refractivity contribution in [3.05, 3.63) is 26.8 Å². The van der Waals surface area contributed by atoms with Gasteiger partial charge in [-0.15, -0.1) is 0 Å². The van der Waals surface area contributed by atoms with Gasteiger partial charge in [-0.05, 0) is 64.8 Å². The molecule has 1 aromatic carbocycles. The lowest BCUT2D eigenvalue weighted by atomic mass is 10.1. The van der Waals surface area contributed by atoms with Gasteiger partial charge in [0.05, 0.1) is 5.69 Å². The van der Waals surface area contributed by atoms with E-state index >= 15 is 0 Å². The first-order chi connectivity index (χ1) is 8.04. The van der Waals surface area contributed by atoms with E-state index in [1.54, 1.807) is 6.07 Å². The summed E-state index contributed by atoms with van der Waals surface area (Å²) in [5.41, 5.74) is 0.986. The Hall–Kier alpha value is 0.0600. The van der Waals surface area contributed by atoms with Gasteiger partial charge in [0.1, 0.15) is 0 Å². The summed E-state index contributed by atoms with van der Waals surface area (Å²) in [5.74, 6) is 0.856. The Balaban J connectivity index is 1.98. The maximum Gasteiger partial charge on any atom is 0.224 e. The quantitative estimate of drug-likeness (QED) is 0.599. The topological polar surface area (TPSA) is 29.1 Å². The van der Waals surface area contributed by atoms with E-state index < -0.39 is 0 Å². The molecule has 0 atom stereocenters. The van der Waals surface area contributed by atoms with Gasteiger partial charge in [0.2, 0.25) is 5.91 Å². The average Bonchev–Trinajstić information content (AvgIpc) is 3.03. The van der Waals surface area contributed by atoms with E-state index in [0.717, 1.165) is 27.9 Å². The number of hydrogen-bond acceptors (Lipinski definition) is 2. The summed E-state index contributed by atoms with van der Waals surface area (Å²) in [6, 6.07) is 5.45. The van der Waals surface area contributed by atoms with Crippen LogP contribution in [0, 0.1) is 8.99 Å². The van der Waals surface area contributed by atoms with Crippen LogP contribution in [0.15, 0.2) is 18.2 Å². The molecule has 0 bridgehead atoms. The molecule has 0 heterocycles. The Morgan fingerprint density at radius 3 is 2.76 bits per heavy atom. The molecule has 1 aliphatic carbocycles. The molecule has 1 saturated carbocycles. The highest BCUT2D eigenvalue weighted by molar-refractivity contribution is 14.1. The van der Waals surface area contributed by atoms with E-state index in [2.05, 4.69) is 40.5 Å². The molecule has 0 saturated heterocycles. The van der Waals surface area contributed by atoms with Crippen LogP contribution in [-0.2, 0) is 4.79 Å². The lowest BCUT2D eigenvalue weighted by Crippen LogP contribution is -2.18. The van der Waals surface area contributed by atoms with Gasteiger partial charge in [0.15, 0.2) is 0 Å². The summed E-state index contributed by atoms with van der Waals surface area (Å²) in [5, 5.41) is 3.61. The van der Waals surface area contributed by atoms with Crippen molar-refractivity contribution >= 4 is 58.4 Å². The fourth-order valence-corrected chi connectivity index (χ4v) is 3.13. The molecular formula is C12H13ClINOS.